The summed E-state index contributed by atoms with van der Waals surface area (Å²) in [7, 11) is 0. The predicted molar refractivity (Wildman–Crippen MR) is 104 cm³/mol. The number of nitrogens with one attached hydrogen (secondary N) is 2. The minimum Gasteiger partial charge on any atom is -0.357 e. The summed E-state index contributed by atoms with van der Waals surface area (Å²) in [5.41, 5.74) is 0.798. The molecule has 2 aromatic rings. The van der Waals surface area contributed by atoms with E-state index in [1.54, 1.807) is 12.1 Å². The maximum absolute atomic E-state index is 12.0. The van der Waals surface area contributed by atoms with E-state index in [0.29, 0.717) is 16.2 Å². The van der Waals surface area contributed by atoms with Gasteiger partial charge in [-0.25, -0.2) is 0 Å². The maximum Gasteiger partial charge on any atom is 0.250 e. The summed E-state index contributed by atoms with van der Waals surface area (Å²) in [5.74, 6) is -0.253. The first kappa shape index (κ1) is 17.9. The third kappa shape index (κ3) is 5.54. The molecule has 1 aromatic heterocycles. The van der Waals surface area contributed by atoms with Crippen LogP contribution in [-0.4, -0.2) is 22.1 Å². The lowest BCUT2D eigenvalue weighted by atomic mass is 10.1. The van der Waals surface area contributed by atoms with E-state index in [0.717, 1.165) is 10.7 Å². The van der Waals surface area contributed by atoms with Crippen molar-refractivity contribution in [2.45, 2.75) is 44.6 Å². The highest BCUT2D eigenvalue weighted by Crippen LogP contribution is 2.25. The highest BCUT2D eigenvalue weighted by atomic mass is 35.5. The molecule has 0 unspecified atom stereocenters. The van der Waals surface area contributed by atoms with E-state index < -0.39 is 0 Å². The number of aromatic nitrogens is 2. The molecular formula is C18H21ClN4OS. The van der Waals surface area contributed by atoms with Gasteiger partial charge >= 0.3 is 0 Å². The molecule has 5 nitrogen and oxygen atoms in total. The Labute approximate surface area is 156 Å². The fourth-order valence-corrected chi connectivity index (χ4v) is 3.78. The van der Waals surface area contributed by atoms with Crippen molar-refractivity contribution in [2.24, 2.45) is 0 Å². The van der Waals surface area contributed by atoms with Gasteiger partial charge in [-0.2, -0.15) is 0 Å². The molecule has 0 saturated heterocycles. The van der Waals surface area contributed by atoms with E-state index in [1.165, 1.54) is 55.9 Å². The molecule has 2 N–H and O–H groups in total. The molecular weight excluding hydrogens is 356 g/mol. The average Bonchev–Trinajstić information content (AvgIpc) is 2.87. The molecule has 1 heterocycles. The number of halogens is 1. The molecule has 0 atom stereocenters. The highest BCUT2D eigenvalue weighted by molar-refractivity contribution is 7.19. The summed E-state index contributed by atoms with van der Waals surface area (Å²) in [6.07, 6.45) is 10.6. The Morgan fingerprint density at radius 2 is 1.84 bits per heavy atom. The maximum atomic E-state index is 12.0. The topological polar surface area (TPSA) is 66.9 Å². The number of amides is 1. The molecule has 25 heavy (non-hydrogen) atoms. The second kappa shape index (κ2) is 8.97. The zero-order valence-electron chi connectivity index (χ0n) is 13.9. The second-order valence-corrected chi connectivity index (χ2v) is 7.47. The lowest BCUT2D eigenvalue weighted by Crippen LogP contribution is -2.17. The van der Waals surface area contributed by atoms with Crippen LogP contribution in [-0.2, 0) is 4.79 Å². The summed E-state index contributed by atoms with van der Waals surface area (Å²) in [6, 6.07) is 7.82. The van der Waals surface area contributed by atoms with Crippen LogP contribution >= 0.6 is 22.9 Å². The predicted octanol–water partition coefficient (Wildman–Crippen LogP) is 4.98. The van der Waals surface area contributed by atoms with Crippen molar-refractivity contribution in [3.05, 3.63) is 40.9 Å². The van der Waals surface area contributed by atoms with Crippen molar-refractivity contribution in [2.75, 3.05) is 10.6 Å². The fourth-order valence-electron chi connectivity index (χ4n) is 2.85. The number of anilines is 2. The average molecular weight is 377 g/mol. The van der Waals surface area contributed by atoms with Gasteiger partial charge in [-0.1, -0.05) is 66.8 Å². The first-order chi connectivity index (χ1) is 12.2. The molecule has 3 rings (SSSR count). The largest absolute Gasteiger partial charge is 0.357 e. The number of carbonyl (C=O) groups excluding carboxylic acids is 1. The van der Waals surface area contributed by atoms with E-state index in [-0.39, 0.29) is 5.91 Å². The third-order valence-corrected chi connectivity index (χ3v) is 5.27. The molecule has 0 aliphatic heterocycles. The van der Waals surface area contributed by atoms with Crippen LogP contribution in [0.15, 0.2) is 30.3 Å². The van der Waals surface area contributed by atoms with Gasteiger partial charge in [-0.3, -0.25) is 10.1 Å². The molecule has 0 bridgehead atoms. The summed E-state index contributed by atoms with van der Waals surface area (Å²) in [4.78, 5) is 12.0. The van der Waals surface area contributed by atoms with Gasteiger partial charge in [0.25, 0.3) is 0 Å². The van der Waals surface area contributed by atoms with Crippen molar-refractivity contribution in [3.8, 4) is 0 Å². The van der Waals surface area contributed by atoms with E-state index >= 15 is 0 Å². The Morgan fingerprint density at radius 3 is 2.60 bits per heavy atom. The standard InChI is InChI=1S/C18H21ClN4OS/c19-15-10-6-5-7-13(15)11-12-16(24)21-18-23-22-17(25-18)20-14-8-3-1-2-4-9-14/h5-7,10-12,14H,1-4,8-9H2,(H,20,22)(H,21,23,24)/b12-11+. The lowest BCUT2D eigenvalue weighted by molar-refractivity contribution is -0.111. The first-order valence-electron chi connectivity index (χ1n) is 8.54. The van der Waals surface area contributed by atoms with Crippen LogP contribution in [0.3, 0.4) is 0 Å². The third-order valence-electron chi connectivity index (χ3n) is 4.16. The SMILES string of the molecule is O=C(/C=C/c1ccccc1Cl)Nc1nnc(NC2CCCCCC2)s1. The van der Waals surface area contributed by atoms with Crippen molar-refractivity contribution < 1.29 is 4.79 Å². The quantitative estimate of drug-likeness (QED) is 0.570. The van der Waals surface area contributed by atoms with Gasteiger partial charge in [0.15, 0.2) is 0 Å². The number of rotatable bonds is 5. The van der Waals surface area contributed by atoms with Crippen LogP contribution in [0.4, 0.5) is 10.3 Å². The van der Waals surface area contributed by atoms with Crippen LogP contribution in [0.1, 0.15) is 44.1 Å². The Hall–Kier alpha value is -1.92. The molecule has 132 valence electrons. The molecule has 1 aliphatic carbocycles. The molecule has 1 amide bonds. The molecule has 1 aromatic carbocycles. The van der Waals surface area contributed by atoms with Gasteiger partial charge in [0.1, 0.15) is 0 Å². The monoisotopic (exact) mass is 376 g/mol. The van der Waals surface area contributed by atoms with Gasteiger partial charge in [0.2, 0.25) is 16.2 Å². The minimum atomic E-state index is -0.253. The van der Waals surface area contributed by atoms with Gasteiger partial charge in [-0.15, -0.1) is 10.2 Å². The van der Waals surface area contributed by atoms with Crippen LogP contribution in [0.2, 0.25) is 5.02 Å². The van der Waals surface area contributed by atoms with Crippen molar-refractivity contribution in [1.82, 2.24) is 10.2 Å². The van der Waals surface area contributed by atoms with Crippen LogP contribution in [0.5, 0.6) is 0 Å². The first-order valence-corrected chi connectivity index (χ1v) is 9.74. The van der Waals surface area contributed by atoms with Crippen molar-refractivity contribution in [1.29, 1.82) is 0 Å². The lowest BCUT2D eigenvalue weighted by Gasteiger charge is -2.14. The Bertz CT molecular complexity index is 738. The fraction of sp³-hybridized carbons (Fsp3) is 0.389. The Balaban J connectivity index is 1.53. The van der Waals surface area contributed by atoms with Gasteiger partial charge in [0, 0.05) is 17.1 Å². The van der Waals surface area contributed by atoms with E-state index in [9.17, 15) is 4.79 Å². The zero-order valence-corrected chi connectivity index (χ0v) is 15.4. The second-order valence-electron chi connectivity index (χ2n) is 6.09. The Morgan fingerprint density at radius 1 is 1.12 bits per heavy atom. The summed E-state index contributed by atoms with van der Waals surface area (Å²) in [6.45, 7) is 0. The number of hydrogen-bond acceptors (Lipinski definition) is 5. The van der Waals surface area contributed by atoms with E-state index in [4.69, 9.17) is 11.6 Å². The molecule has 0 radical (unpaired) electrons. The molecule has 1 fully saturated rings. The smallest absolute Gasteiger partial charge is 0.250 e. The normalized spacial score (nSPS) is 15.9. The van der Waals surface area contributed by atoms with E-state index in [1.807, 2.05) is 18.2 Å². The van der Waals surface area contributed by atoms with Crippen molar-refractivity contribution in [3.63, 3.8) is 0 Å². The number of carbonyl (C=O) groups is 1. The molecule has 1 aliphatic rings. The summed E-state index contributed by atoms with van der Waals surface area (Å²) >= 11 is 7.43. The van der Waals surface area contributed by atoms with Crippen LogP contribution in [0, 0.1) is 0 Å². The number of nitrogens with zero attached hydrogens (tertiary/aromatic N) is 2. The van der Waals surface area contributed by atoms with Crippen molar-refractivity contribution >= 4 is 45.2 Å². The van der Waals surface area contributed by atoms with Gasteiger partial charge in [0.05, 0.1) is 0 Å². The number of hydrogen-bond donors (Lipinski definition) is 2. The Kier molecular flexibility index (Phi) is 6.42. The molecule has 7 heteroatoms. The summed E-state index contributed by atoms with van der Waals surface area (Å²) in [5, 5.41) is 16.2. The highest BCUT2D eigenvalue weighted by Gasteiger charge is 2.14. The molecule has 1 saturated carbocycles. The van der Waals surface area contributed by atoms with Crippen LogP contribution < -0.4 is 10.6 Å². The minimum absolute atomic E-state index is 0.253. The van der Waals surface area contributed by atoms with E-state index in [2.05, 4.69) is 20.8 Å². The van der Waals surface area contributed by atoms with Crippen LogP contribution in [0.25, 0.3) is 6.08 Å². The number of benzene rings is 1. The molecule has 0 spiro atoms. The summed E-state index contributed by atoms with van der Waals surface area (Å²) < 4.78 is 0. The van der Waals surface area contributed by atoms with Gasteiger partial charge in [-0.05, 0) is 30.5 Å². The zero-order chi connectivity index (χ0) is 17.5. The van der Waals surface area contributed by atoms with Gasteiger partial charge < -0.3 is 5.32 Å².